The fourth-order valence-electron chi connectivity index (χ4n) is 4.44. The lowest BCUT2D eigenvalue weighted by molar-refractivity contribution is 0.243. The van der Waals surface area contributed by atoms with E-state index in [-0.39, 0.29) is 0 Å². The smallest absolute Gasteiger partial charge is 0.0447 e. The molecule has 3 heteroatoms. The number of hydrogen-bond donors (Lipinski definition) is 1. The Hall–Kier alpha value is -0.930. The molecule has 108 valence electrons. The Morgan fingerprint density at radius 2 is 2.20 bits per heavy atom. The molecule has 0 amide bonds. The fourth-order valence-corrected chi connectivity index (χ4v) is 4.44. The summed E-state index contributed by atoms with van der Waals surface area (Å²) in [6.45, 7) is 6.13. The molecule has 0 saturated carbocycles. The summed E-state index contributed by atoms with van der Waals surface area (Å²) in [7, 11) is 0. The third-order valence-electron chi connectivity index (χ3n) is 5.68. The zero-order valence-electron chi connectivity index (χ0n) is 12.3. The minimum absolute atomic E-state index is 0.425. The molecule has 4 heterocycles. The molecule has 0 aromatic carbocycles. The third-order valence-corrected chi connectivity index (χ3v) is 5.68. The first kappa shape index (κ1) is 12.8. The average molecular weight is 271 g/mol. The van der Waals surface area contributed by atoms with Crippen molar-refractivity contribution >= 4 is 0 Å². The first-order chi connectivity index (χ1) is 9.86. The second kappa shape index (κ2) is 5.12. The number of fused-ring (bicyclic) bond motifs is 2. The van der Waals surface area contributed by atoms with Gasteiger partial charge in [-0.05, 0) is 63.4 Å². The second-order valence-electron chi connectivity index (χ2n) is 6.93. The van der Waals surface area contributed by atoms with Crippen LogP contribution in [0.2, 0.25) is 0 Å². The first-order valence-electron chi connectivity index (χ1n) is 8.25. The summed E-state index contributed by atoms with van der Waals surface area (Å²) in [6, 6.07) is 4.69. The van der Waals surface area contributed by atoms with Crippen LogP contribution in [0.1, 0.15) is 49.3 Å². The van der Waals surface area contributed by atoms with Crippen LogP contribution in [0, 0.1) is 0 Å². The van der Waals surface area contributed by atoms with E-state index in [1.165, 1.54) is 69.5 Å². The number of rotatable bonds is 2. The number of piperidine rings is 2. The minimum Gasteiger partial charge on any atom is -0.316 e. The van der Waals surface area contributed by atoms with Crippen LogP contribution < -0.4 is 5.32 Å². The molecule has 0 radical (unpaired) electrons. The van der Waals surface area contributed by atoms with Crippen molar-refractivity contribution in [2.45, 2.75) is 43.4 Å². The lowest BCUT2D eigenvalue weighted by Gasteiger charge is -2.34. The topological polar surface area (TPSA) is 28.2 Å². The van der Waals surface area contributed by atoms with Crippen LogP contribution in [0.3, 0.4) is 0 Å². The predicted octanol–water partition coefficient (Wildman–Crippen LogP) is 2.29. The van der Waals surface area contributed by atoms with E-state index in [9.17, 15) is 0 Å². The first-order valence-corrected chi connectivity index (χ1v) is 8.25. The highest BCUT2D eigenvalue weighted by Gasteiger charge is 2.42. The number of hydrogen-bond acceptors (Lipinski definition) is 3. The third kappa shape index (κ3) is 2.17. The highest BCUT2D eigenvalue weighted by atomic mass is 15.2. The lowest BCUT2D eigenvalue weighted by Crippen LogP contribution is -2.37. The quantitative estimate of drug-likeness (QED) is 0.894. The number of nitrogens with one attached hydrogen (secondary N) is 1. The Balaban J connectivity index is 1.55. The molecule has 2 bridgehead atoms. The predicted molar refractivity (Wildman–Crippen MR) is 81.1 cm³/mol. The van der Waals surface area contributed by atoms with E-state index in [0.29, 0.717) is 11.3 Å². The van der Waals surface area contributed by atoms with Crippen molar-refractivity contribution in [3.63, 3.8) is 0 Å². The molecule has 0 aliphatic carbocycles. The normalized spacial score (nSPS) is 37.0. The summed E-state index contributed by atoms with van der Waals surface area (Å²) in [4.78, 5) is 7.46. The van der Waals surface area contributed by atoms with Crippen molar-refractivity contribution in [2.75, 3.05) is 32.7 Å². The summed E-state index contributed by atoms with van der Waals surface area (Å²) in [5.41, 5.74) is 3.21. The van der Waals surface area contributed by atoms with E-state index in [2.05, 4.69) is 28.5 Å². The van der Waals surface area contributed by atoms with Gasteiger partial charge in [0.1, 0.15) is 0 Å². The number of aromatic nitrogens is 1. The van der Waals surface area contributed by atoms with Crippen molar-refractivity contribution < 1.29 is 0 Å². The maximum Gasteiger partial charge on any atom is 0.0447 e. The van der Waals surface area contributed by atoms with Crippen molar-refractivity contribution in [1.82, 2.24) is 15.2 Å². The van der Waals surface area contributed by atoms with Gasteiger partial charge in [0.2, 0.25) is 0 Å². The standard InChI is InChI=1S/C17H25N3/c1-3-14(11-18-8-1)16-5-4-15(12-19-16)17-6-2-9-20(13-17)10-7-17/h4-5,12,14,18H,1-3,6-11,13H2. The Labute approximate surface area is 121 Å². The van der Waals surface area contributed by atoms with Gasteiger partial charge < -0.3 is 10.2 Å². The van der Waals surface area contributed by atoms with E-state index < -0.39 is 0 Å². The summed E-state index contributed by atoms with van der Waals surface area (Å²) < 4.78 is 0. The highest BCUT2D eigenvalue weighted by molar-refractivity contribution is 5.28. The summed E-state index contributed by atoms with van der Waals surface area (Å²) in [5, 5.41) is 3.49. The van der Waals surface area contributed by atoms with Crippen molar-refractivity contribution in [3.05, 3.63) is 29.6 Å². The zero-order valence-corrected chi connectivity index (χ0v) is 12.3. The maximum absolute atomic E-state index is 4.83. The molecule has 3 atom stereocenters. The van der Waals surface area contributed by atoms with Crippen molar-refractivity contribution in [3.8, 4) is 0 Å². The number of pyridine rings is 1. The van der Waals surface area contributed by atoms with Gasteiger partial charge in [-0.15, -0.1) is 0 Å². The van der Waals surface area contributed by atoms with Crippen LogP contribution in [-0.2, 0) is 5.41 Å². The Morgan fingerprint density at radius 3 is 3.00 bits per heavy atom. The Kier molecular flexibility index (Phi) is 3.27. The molecule has 3 saturated heterocycles. The van der Waals surface area contributed by atoms with E-state index in [1.54, 1.807) is 0 Å². The second-order valence-corrected chi connectivity index (χ2v) is 6.93. The van der Waals surface area contributed by atoms with Crippen LogP contribution in [0.25, 0.3) is 0 Å². The van der Waals surface area contributed by atoms with Crippen molar-refractivity contribution in [2.24, 2.45) is 0 Å². The van der Waals surface area contributed by atoms with E-state index in [4.69, 9.17) is 4.98 Å². The van der Waals surface area contributed by atoms with Crippen molar-refractivity contribution in [1.29, 1.82) is 0 Å². The molecule has 20 heavy (non-hydrogen) atoms. The largest absolute Gasteiger partial charge is 0.316 e. The van der Waals surface area contributed by atoms with Gasteiger partial charge in [-0.1, -0.05) is 6.07 Å². The van der Waals surface area contributed by atoms with Crippen LogP contribution in [0.5, 0.6) is 0 Å². The van der Waals surface area contributed by atoms with E-state index in [0.717, 1.165) is 6.54 Å². The molecule has 0 spiro atoms. The molecular weight excluding hydrogens is 246 g/mol. The SMILES string of the molecule is c1cc(C2CCCNC2)ncc1C12CCCN(CC1)C2. The monoisotopic (exact) mass is 271 g/mol. The Morgan fingerprint density at radius 1 is 1.20 bits per heavy atom. The van der Waals surface area contributed by atoms with Gasteiger partial charge in [-0.2, -0.15) is 0 Å². The van der Waals surface area contributed by atoms with Crippen LogP contribution >= 0.6 is 0 Å². The van der Waals surface area contributed by atoms with Crippen LogP contribution in [0.4, 0.5) is 0 Å². The maximum atomic E-state index is 4.83. The van der Waals surface area contributed by atoms with E-state index in [1.807, 2.05) is 0 Å². The molecular formula is C17H25N3. The summed E-state index contributed by atoms with van der Waals surface area (Å²) >= 11 is 0. The van der Waals surface area contributed by atoms with E-state index >= 15 is 0 Å². The van der Waals surface area contributed by atoms with Gasteiger partial charge in [0.25, 0.3) is 0 Å². The summed E-state index contributed by atoms with van der Waals surface area (Å²) in [6.07, 6.45) is 8.81. The molecule has 3 aliphatic rings. The number of nitrogens with zero attached hydrogens (tertiary/aromatic N) is 2. The molecule has 3 aliphatic heterocycles. The van der Waals surface area contributed by atoms with Crippen LogP contribution in [-0.4, -0.2) is 42.6 Å². The lowest BCUT2D eigenvalue weighted by atomic mass is 9.75. The highest BCUT2D eigenvalue weighted by Crippen LogP contribution is 2.41. The molecule has 3 unspecified atom stereocenters. The molecule has 1 N–H and O–H groups in total. The van der Waals surface area contributed by atoms with Gasteiger partial charge in [-0.3, -0.25) is 4.98 Å². The van der Waals surface area contributed by atoms with Gasteiger partial charge in [-0.25, -0.2) is 0 Å². The molecule has 1 aromatic heterocycles. The molecule has 3 nitrogen and oxygen atoms in total. The fraction of sp³-hybridized carbons (Fsp3) is 0.706. The molecule has 3 fully saturated rings. The Bertz CT molecular complexity index is 460. The van der Waals surface area contributed by atoms with Gasteiger partial charge in [0, 0.05) is 36.3 Å². The summed E-state index contributed by atoms with van der Waals surface area (Å²) in [5.74, 6) is 0.627. The van der Waals surface area contributed by atoms with Gasteiger partial charge in [0.05, 0.1) is 0 Å². The van der Waals surface area contributed by atoms with Crippen LogP contribution in [0.15, 0.2) is 18.3 Å². The van der Waals surface area contributed by atoms with Gasteiger partial charge >= 0.3 is 0 Å². The molecule has 1 aromatic rings. The van der Waals surface area contributed by atoms with Gasteiger partial charge in [0.15, 0.2) is 0 Å². The minimum atomic E-state index is 0.425. The molecule has 4 rings (SSSR count). The zero-order chi connectivity index (χ0) is 13.4. The average Bonchev–Trinajstić information content (AvgIpc) is 2.84.